The molecule has 138 valence electrons. The third-order valence-corrected chi connectivity index (χ3v) is 3.69. The fraction of sp³-hybridized carbons (Fsp3) is 0.250. The molecule has 0 aliphatic rings. The first-order valence-corrected chi connectivity index (χ1v) is 7.19. The van der Waals surface area contributed by atoms with Crippen LogP contribution < -0.4 is 18.9 Å². The van der Waals surface area contributed by atoms with Crippen molar-refractivity contribution in [2.45, 2.75) is 0 Å². The Morgan fingerprint density at radius 2 is 0.885 bits per heavy atom. The second-order valence-corrected chi connectivity index (χ2v) is 4.96. The Labute approximate surface area is 148 Å². The highest BCUT2D eigenvalue weighted by atomic mass is 16.6. The van der Waals surface area contributed by atoms with Crippen LogP contribution in [0, 0.1) is 20.2 Å². The zero-order valence-corrected chi connectivity index (χ0v) is 14.5. The molecule has 0 bridgehead atoms. The number of rotatable bonds is 7. The molecule has 2 aromatic rings. The molecule has 0 saturated carbocycles. The molecule has 0 saturated heterocycles. The molecule has 0 spiro atoms. The lowest BCUT2D eigenvalue weighted by Gasteiger charge is -2.13. The van der Waals surface area contributed by atoms with Crippen molar-refractivity contribution in [2.24, 2.45) is 0 Å². The summed E-state index contributed by atoms with van der Waals surface area (Å²) in [5.41, 5.74) is -0.781. The highest BCUT2D eigenvalue weighted by Crippen LogP contribution is 2.46. The second-order valence-electron chi connectivity index (χ2n) is 4.96. The van der Waals surface area contributed by atoms with Crippen molar-refractivity contribution < 1.29 is 28.8 Å². The van der Waals surface area contributed by atoms with Crippen molar-refractivity contribution in [2.75, 3.05) is 28.4 Å². The van der Waals surface area contributed by atoms with Crippen LogP contribution >= 0.6 is 0 Å². The summed E-state index contributed by atoms with van der Waals surface area (Å²) < 4.78 is 20.5. The van der Waals surface area contributed by atoms with Gasteiger partial charge in [-0.3, -0.25) is 20.2 Å². The molecule has 26 heavy (non-hydrogen) atoms. The number of ether oxygens (including phenoxy) is 4. The molecule has 0 aromatic heterocycles. The fourth-order valence-corrected chi connectivity index (χ4v) is 2.47. The van der Waals surface area contributed by atoms with Crippen LogP contribution in [0.4, 0.5) is 11.4 Å². The van der Waals surface area contributed by atoms with Gasteiger partial charge in [-0.1, -0.05) is 0 Å². The van der Waals surface area contributed by atoms with Gasteiger partial charge in [-0.15, -0.1) is 0 Å². The van der Waals surface area contributed by atoms with Crippen molar-refractivity contribution in [1.82, 2.24) is 0 Å². The van der Waals surface area contributed by atoms with Gasteiger partial charge in [-0.05, 0) is 12.1 Å². The Hall–Kier alpha value is -3.56. The molecule has 2 aromatic carbocycles. The van der Waals surface area contributed by atoms with Gasteiger partial charge in [0.25, 0.3) is 11.4 Å². The van der Waals surface area contributed by atoms with E-state index in [1.165, 1.54) is 40.6 Å². The standard InChI is InChI=1S/C16H16N2O8/c1-23-13-5-9(11(17(19)20)7-15(13)25-3)10-6-14(24-2)16(26-4)8-12(10)18(21)22/h5-8H,1-4H3. The summed E-state index contributed by atoms with van der Waals surface area (Å²) in [6.07, 6.45) is 0. The molecule has 10 heteroatoms. The summed E-state index contributed by atoms with van der Waals surface area (Å²) in [6.45, 7) is 0. The second kappa shape index (κ2) is 7.55. The van der Waals surface area contributed by atoms with Crippen molar-refractivity contribution in [3.63, 3.8) is 0 Å². The Balaban J connectivity index is 2.89. The zero-order chi connectivity index (χ0) is 19.4. The van der Waals surface area contributed by atoms with Crippen LogP contribution in [-0.4, -0.2) is 38.3 Å². The Morgan fingerprint density at radius 3 is 1.12 bits per heavy atom. The summed E-state index contributed by atoms with van der Waals surface area (Å²) in [5, 5.41) is 23.0. The molecule has 2 rings (SSSR count). The molecule has 0 aliphatic carbocycles. The first kappa shape index (κ1) is 18.8. The van der Waals surface area contributed by atoms with E-state index >= 15 is 0 Å². The summed E-state index contributed by atoms with van der Waals surface area (Å²) in [5.74, 6) is 0.645. The minimum Gasteiger partial charge on any atom is -0.493 e. The Bertz CT molecular complexity index is 794. The number of nitrogens with zero attached hydrogens (tertiary/aromatic N) is 2. The Morgan fingerprint density at radius 1 is 0.615 bits per heavy atom. The van der Waals surface area contributed by atoms with Gasteiger partial charge in [-0.2, -0.15) is 0 Å². The van der Waals surface area contributed by atoms with E-state index in [-0.39, 0.29) is 45.5 Å². The highest BCUT2D eigenvalue weighted by molar-refractivity contribution is 5.85. The number of methoxy groups -OCH3 is 4. The summed E-state index contributed by atoms with van der Waals surface area (Å²) in [6, 6.07) is 4.92. The normalized spacial score (nSPS) is 10.2. The van der Waals surface area contributed by atoms with E-state index in [4.69, 9.17) is 18.9 Å². The predicted octanol–water partition coefficient (Wildman–Crippen LogP) is 3.20. The number of benzene rings is 2. The average Bonchev–Trinajstić information content (AvgIpc) is 2.65. The summed E-state index contributed by atoms with van der Waals surface area (Å²) in [7, 11) is 5.38. The molecule has 0 unspecified atom stereocenters. The van der Waals surface area contributed by atoms with Crippen LogP contribution in [0.1, 0.15) is 0 Å². The van der Waals surface area contributed by atoms with Gasteiger partial charge in [0, 0.05) is 0 Å². The van der Waals surface area contributed by atoms with Crippen molar-refractivity contribution >= 4 is 11.4 Å². The number of hydrogen-bond acceptors (Lipinski definition) is 8. The summed E-state index contributed by atoms with van der Waals surface area (Å²) in [4.78, 5) is 21.7. The van der Waals surface area contributed by atoms with Gasteiger partial charge in [0.05, 0.1) is 61.5 Å². The third kappa shape index (κ3) is 3.29. The molecule has 0 N–H and O–H groups in total. The van der Waals surface area contributed by atoms with E-state index in [2.05, 4.69) is 0 Å². The van der Waals surface area contributed by atoms with Gasteiger partial charge in [0.2, 0.25) is 0 Å². The number of nitro groups is 2. The quantitative estimate of drug-likeness (QED) is 0.542. The maximum atomic E-state index is 11.5. The molecule has 0 radical (unpaired) electrons. The van der Waals surface area contributed by atoms with E-state index in [1.807, 2.05) is 0 Å². The Kier molecular flexibility index (Phi) is 5.45. The first-order valence-electron chi connectivity index (χ1n) is 7.19. The van der Waals surface area contributed by atoms with Gasteiger partial charge < -0.3 is 18.9 Å². The van der Waals surface area contributed by atoms with Gasteiger partial charge in [-0.25, -0.2) is 0 Å². The predicted molar refractivity (Wildman–Crippen MR) is 91.4 cm³/mol. The molecular weight excluding hydrogens is 348 g/mol. The zero-order valence-electron chi connectivity index (χ0n) is 14.5. The van der Waals surface area contributed by atoms with Crippen molar-refractivity contribution in [1.29, 1.82) is 0 Å². The van der Waals surface area contributed by atoms with E-state index < -0.39 is 9.85 Å². The molecule has 0 atom stereocenters. The van der Waals surface area contributed by atoms with E-state index in [0.717, 1.165) is 12.1 Å². The highest BCUT2D eigenvalue weighted by Gasteiger charge is 2.28. The average molecular weight is 364 g/mol. The van der Waals surface area contributed by atoms with Crippen molar-refractivity contribution in [3.8, 4) is 34.1 Å². The minimum absolute atomic E-state index is 0.0136. The smallest absolute Gasteiger partial charge is 0.281 e. The number of hydrogen-bond donors (Lipinski definition) is 0. The fourth-order valence-electron chi connectivity index (χ4n) is 2.47. The van der Waals surface area contributed by atoms with Gasteiger partial charge >= 0.3 is 0 Å². The molecule has 0 aliphatic heterocycles. The van der Waals surface area contributed by atoms with Crippen LogP contribution in [0.2, 0.25) is 0 Å². The topological polar surface area (TPSA) is 123 Å². The first-order chi connectivity index (χ1) is 12.4. The van der Waals surface area contributed by atoms with Crippen LogP contribution in [-0.2, 0) is 0 Å². The molecular formula is C16H16N2O8. The minimum atomic E-state index is -0.655. The lowest BCUT2D eigenvalue weighted by atomic mass is 10.00. The van der Waals surface area contributed by atoms with Crippen LogP contribution in [0.5, 0.6) is 23.0 Å². The number of nitro benzene ring substituents is 2. The van der Waals surface area contributed by atoms with Crippen LogP contribution in [0.25, 0.3) is 11.1 Å². The summed E-state index contributed by atoms with van der Waals surface area (Å²) >= 11 is 0. The van der Waals surface area contributed by atoms with E-state index in [9.17, 15) is 20.2 Å². The van der Waals surface area contributed by atoms with Crippen molar-refractivity contribution in [3.05, 3.63) is 44.5 Å². The largest absolute Gasteiger partial charge is 0.493 e. The van der Waals surface area contributed by atoms with E-state index in [0.29, 0.717) is 0 Å². The molecule has 0 heterocycles. The van der Waals surface area contributed by atoms with Crippen LogP contribution in [0.15, 0.2) is 24.3 Å². The SMILES string of the molecule is COc1cc(-c2cc(OC)c(OC)cc2[N+](=O)[O-])c([N+](=O)[O-])cc1OC. The van der Waals surface area contributed by atoms with Crippen LogP contribution in [0.3, 0.4) is 0 Å². The third-order valence-electron chi connectivity index (χ3n) is 3.69. The molecule has 0 fully saturated rings. The monoisotopic (exact) mass is 364 g/mol. The maximum Gasteiger partial charge on any atom is 0.281 e. The lowest BCUT2D eigenvalue weighted by molar-refractivity contribution is -0.386. The van der Waals surface area contributed by atoms with Gasteiger partial charge in [0.15, 0.2) is 23.0 Å². The molecule has 10 nitrogen and oxygen atoms in total. The van der Waals surface area contributed by atoms with E-state index in [1.54, 1.807) is 0 Å². The maximum absolute atomic E-state index is 11.5. The lowest BCUT2D eigenvalue weighted by Crippen LogP contribution is -2.00. The molecule has 0 amide bonds. The van der Waals surface area contributed by atoms with Gasteiger partial charge in [0.1, 0.15) is 0 Å².